The van der Waals surface area contributed by atoms with E-state index in [0.29, 0.717) is 11.7 Å². The molecule has 9 heteroatoms. The van der Waals surface area contributed by atoms with Crippen LogP contribution in [-0.4, -0.2) is 34.2 Å². The summed E-state index contributed by atoms with van der Waals surface area (Å²) in [4.78, 5) is 15.7. The van der Waals surface area contributed by atoms with Gasteiger partial charge in [-0.2, -0.15) is 0 Å². The molecular weight excluding hydrogens is 464 g/mol. The van der Waals surface area contributed by atoms with Crippen molar-refractivity contribution in [1.29, 1.82) is 0 Å². The molecule has 0 saturated heterocycles. The van der Waals surface area contributed by atoms with Gasteiger partial charge >= 0.3 is 0 Å². The molecule has 35 heavy (non-hydrogen) atoms. The quantitative estimate of drug-likeness (QED) is 0.360. The molecule has 0 aliphatic rings. The fourth-order valence-corrected chi connectivity index (χ4v) is 2.87. The molecule has 0 saturated carbocycles. The molecule has 3 N–H and O–H groups in total. The molecule has 0 radical (unpaired) electrons. The summed E-state index contributed by atoms with van der Waals surface area (Å²) < 4.78 is 10.1. The molecular formula is C26H31ClN6O2. The highest BCUT2D eigenvalue weighted by Gasteiger charge is 1.97. The Morgan fingerprint density at radius 3 is 1.69 bits per heavy atom. The van der Waals surface area contributed by atoms with Gasteiger partial charge < -0.3 is 20.5 Å². The number of hydrogen-bond donors (Lipinski definition) is 2. The molecule has 0 aliphatic carbocycles. The zero-order valence-electron chi connectivity index (χ0n) is 20.4. The van der Waals surface area contributed by atoms with Gasteiger partial charge in [0.25, 0.3) is 0 Å². The number of methoxy groups -OCH3 is 2. The van der Waals surface area contributed by atoms with Crippen molar-refractivity contribution in [2.75, 3.05) is 19.5 Å². The maximum atomic E-state index is 5.49. The number of rotatable bonds is 6. The van der Waals surface area contributed by atoms with Gasteiger partial charge in [-0.15, -0.1) is 0 Å². The average Bonchev–Trinajstić information content (AvgIpc) is 2.88. The van der Waals surface area contributed by atoms with Crippen molar-refractivity contribution in [2.45, 2.75) is 26.9 Å². The molecule has 4 rings (SSSR count). The number of benzene rings is 2. The van der Waals surface area contributed by atoms with Crippen molar-refractivity contribution in [2.24, 2.45) is 5.73 Å². The smallest absolute Gasteiger partial charge is 0.132 e. The number of halogens is 1. The Kier molecular flexibility index (Phi) is 11.9. The van der Waals surface area contributed by atoms with Crippen LogP contribution < -0.4 is 20.5 Å². The van der Waals surface area contributed by atoms with Crippen LogP contribution in [0.3, 0.4) is 0 Å². The molecule has 184 valence electrons. The van der Waals surface area contributed by atoms with Crippen molar-refractivity contribution in [3.63, 3.8) is 0 Å². The second kappa shape index (κ2) is 15.2. The van der Waals surface area contributed by atoms with Crippen LogP contribution in [0.25, 0.3) is 0 Å². The summed E-state index contributed by atoms with van der Waals surface area (Å²) in [5.41, 5.74) is 9.56. The first kappa shape index (κ1) is 27.5. The van der Waals surface area contributed by atoms with E-state index in [4.69, 9.17) is 26.8 Å². The van der Waals surface area contributed by atoms with Gasteiger partial charge in [0.05, 0.1) is 14.2 Å². The molecule has 0 aliphatic heterocycles. The number of hydrogen-bond acceptors (Lipinski definition) is 8. The van der Waals surface area contributed by atoms with Crippen LogP contribution in [0.2, 0.25) is 5.15 Å². The predicted molar refractivity (Wildman–Crippen MR) is 140 cm³/mol. The van der Waals surface area contributed by atoms with E-state index in [-0.39, 0.29) is 0 Å². The van der Waals surface area contributed by atoms with Crippen LogP contribution in [-0.2, 0) is 13.1 Å². The molecule has 8 nitrogen and oxygen atoms in total. The summed E-state index contributed by atoms with van der Waals surface area (Å²) in [5.74, 6) is 2.58. The average molecular weight is 495 g/mol. The van der Waals surface area contributed by atoms with E-state index in [1.54, 1.807) is 26.6 Å². The molecule has 0 fully saturated rings. The van der Waals surface area contributed by atoms with Crippen LogP contribution >= 0.6 is 11.6 Å². The Morgan fingerprint density at radius 1 is 0.743 bits per heavy atom. The van der Waals surface area contributed by atoms with E-state index >= 15 is 0 Å². The van der Waals surface area contributed by atoms with Gasteiger partial charge in [0, 0.05) is 30.5 Å². The molecule has 0 unspecified atom stereocenters. The highest BCUT2D eigenvalue weighted by Crippen LogP contribution is 2.13. The maximum Gasteiger partial charge on any atom is 0.132 e. The van der Waals surface area contributed by atoms with Gasteiger partial charge in [0.1, 0.15) is 35.1 Å². The van der Waals surface area contributed by atoms with Crippen molar-refractivity contribution in [3.05, 3.63) is 101 Å². The van der Waals surface area contributed by atoms with E-state index in [1.807, 2.05) is 68.4 Å². The third-order valence-corrected chi connectivity index (χ3v) is 4.81. The Labute approximate surface area is 211 Å². The lowest BCUT2D eigenvalue weighted by Gasteiger charge is -2.06. The molecule has 2 aromatic heterocycles. The van der Waals surface area contributed by atoms with Gasteiger partial charge in [0.15, 0.2) is 0 Å². The standard InChI is InChI=1S/C13H15N3O.C8H11NO.C5H5ClN2/c1-10-7-13(16-9-15-10)14-8-11-3-5-12(17-2)6-4-11;1-10-8-4-2-7(6-9)3-5-8;1-4-2-5(6)8-3-7-4/h3-7,9H,8H2,1-2H3,(H,14,15,16);2-5H,6,9H2,1H3;2-3H,1H3. The van der Waals surface area contributed by atoms with Gasteiger partial charge in [-0.3, -0.25) is 0 Å². The Bertz CT molecular complexity index is 1100. The number of nitrogens with one attached hydrogen (secondary N) is 1. The van der Waals surface area contributed by atoms with Gasteiger partial charge in [-0.25, -0.2) is 19.9 Å². The van der Waals surface area contributed by atoms with Gasteiger partial charge in [-0.1, -0.05) is 35.9 Å². The SMILES string of the molecule is COc1ccc(CN)cc1.COc1ccc(CNc2cc(C)ncn2)cc1.Cc1cc(Cl)ncn1. The van der Waals surface area contributed by atoms with Crippen LogP contribution in [0.15, 0.2) is 73.3 Å². The lowest BCUT2D eigenvalue weighted by atomic mass is 10.2. The zero-order valence-corrected chi connectivity index (χ0v) is 21.2. The minimum Gasteiger partial charge on any atom is -0.497 e. The summed E-state index contributed by atoms with van der Waals surface area (Å²) in [6.45, 7) is 5.14. The van der Waals surface area contributed by atoms with E-state index in [2.05, 4.69) is 25.3 Å². The summed E-state index contributed by atoms with van der Waals surface area (Å²) in [7, 11) is 3.31. The number of ether oxygens (including phenoxy) is 2. The Balaban J connectivity index is 0.000000204. The van der Waals surface area contributed by atoms with E-state index in [1.165, 1.54) is 11.9 Å². The second-order valence-corrected chi connectivity index (χ2v) is 7.67. The van der Waals surface area contributed by atoms with Crippen molar-refractivity contribution >= 4 is 17.4 Å². The van der Waals surface area contributed by atoms with Crippen LogP contribution in [0, 0.1) is 13.8 Å². The first-order chi connectivity index (χ1) is 16.9. The molecule has 0 bridgehead atoms. The third-order valence-electron chi connectivity index (χ3n) is 4.60. The first-order valence-electron chi connectivity index (χ1n) is 10.9. The van der Waals surface area contributed by atoms with Crippen LogP contribution in [0.1, 0.15) is 22.5 Å². The maximum absolute atomic E-state index is 5.49. The number of aryl methyl sites for hydroxylation is 2. The lowest BCUT2D eigenvalue weighted by molar-refractivity contribution is 0.414. The Morgan fingerprint density at radius 2 is 1.26 bits per heavy atom. The zero-order chi connectivity index (χ0) is 25.5. The molecule has 0 spiro atoms. The molecule has 4 aromatic rings. The molecule has 0 atom stereocenters. The van der Waals surface area contributed by atoms with Gasteiger partial charge in [-0.05, 0) is 55.3 Å². The van der Waals surface area contributed by atoms with E-state index in [9.17, 15) is 0 Å². The van der Waals surface area contributed by atoms with Crippen molar-refractivity contribution in [3.8, 4) is 11.5 Å². The summed E-state index contributed by atoms with van der Waals surface area (Å²) in [6.07, 6.45) is 3.00. The molecule has 2 aromatic carbocycles. The topological polar surface area (TPSA) is 108 Å². The number of aromatic nitrogens is 4. The first-order valence-corrected chi connectivity index (χ1v) is 11.2. The lowest BCUT2D eigenvalue weighted by Crippen LogP contribution is -2.02. The third kappa shape index (κ3) is 10.8. The highest BCUT2D eigenvalue weighted by molar-refractivity contribution is 6.29. The number of anilines is 1. The second-order valence-electron chi connectivity index (χ2n) is 7.28. The summed E-state index contributed by atoms with van der Waals surface area (Å²) in [6, 6.07) is 19.3. The largest absolute Gasteiger partial charge is 0.497 e. The summed E-state index contributed by atoms with van der Waals surface area (Å²) >= 11 is 5.49. The molecule has 0 amide bonds. The molecule has 2 heterocycles. The van der Waals surface area contributed by atoms with E-state index in [0.717, 1.165) is 40.8 Å². The highest BCUT2D eigenvalue weighted by atomic mass is 35.5. The minimum atomic E-state index is 0.498. The number of nitrogens with zero attached hydrogens (tertiary/aromatic N) is 4. The normalized spacial score (nSPS) is 9.66. The van der Waals surface area contributed by atoms with Crippen LogP contribution in [0.5, 0.6) is 11.5 Å². The number of nitrogens with two attached hydrogens (primary N) is 1. The van der Waals surface area contributed by atoms with Crippen molar-refractivity contribution < 1.29 is 9.47 Å². The Hall–Kier alpha value is -3.75. The minimum absolute atomic E-state index is 0.498. The fourth-order valence-electron chi connectivity index (χ4n) is 2.67. The monoisotopic (exact) mass is 494 g/mol. The fraction of sp³-hybridized carbons (Fsp3) is 0.231. The predicted octanol–water partition coefficient (Wildman–Crippen LogP) is 5.00. The van der Waals surface area contributed by atoms with Crippen LogP contribution in [0.4, 0.5) is 5.82 Å². The van der Waals surface area contributed by atoms with Gasteiger partial charge in [0.2, 0.25) is 0 Å². The van der Waals surface area contributed by atoms with Crippen molar-refractivity contribution in [1.82, 2.24) is 19.9 Å². The van der Waals surface area contributed by atoms with E-state index < -0.39 is 0 Å². The summed E-state index contributed by atoms with van der Waals surface area (Å²) in [5, 5.41) is 3.74.